The minimum absolute atomic E-state index is 0.00521. The molecular formula is C15H22N2O. The number of rotatable bonds is 2. The van der Waals surface area contributed by atoms with Crippen LogP contribution in [-0.2, 0) is 13.0 Å². The van der Waals surface area contributed by atoms with Gasteiger partial charge in [-0.2, -0.15) is 0 Å². The third-order valence-electron chi connectivity index (χ3n) is 4.11. The van der Waals surface area contributed by atoms with Crippen molar-refractivity contribution in [2.45, 2.75) is 38.3 Å². The summed E-state index contributed by atoms with van der Waals surface area (Å²) in [6.45, 7) is 6.41. The van der Waals surface area contributed by atoms with E-state index in [0.29, 0.717) is 0 Å². The highest BCUT2D eigenvalue weighted by Crippen LogP contribution is 2.31. The monoisotopic (exact) mass is 246 g/mol. The lowest BCUT2D eigenvalue weighted by atomic mass is 9.93. The number of hydrogen-bond donors (Lipinski definition) is 2. The Labute approximate surface area is 109 Å². The van der Waals surface area contributed by atoms with Crippen molar-refractivity contribution in [1.29, 1.82) is 0 Å². The molecule has 0 atom stereocenters. The van der Waals surface area contributed by atoms with Crippen LogP contribution in [0.3, 0.4) is 0 Å². The maximum atomic E-state index is 6.37. The zero-order valence-electron chi connectivity index (χ0n) is 11.1. The van der Waals surface area contributed by atoms with Gasteiger partial charge in [-0.15, -0.1) is 0 Å². The number of hydrogen-bond acceptors (Lipinski definition) is 3. The Morgan fingerprint density at radius 2 is 1.94 bits per heavy atom. The van der Waals surface area contributed by atoms with Gasteiger partial charge >= 0.3 is 0 Å². The van der Waals surface area contributed by atoms with Crippen molar-refractivity contribution in [3.63, 3.8) is 0 Å². The van der Waals surface area contributed by atoms with Crippen LogP contribution in [0.1, 0.15) is 30.9 Å². The summed E-state index contributed by atoms with van der Waals surface area (Å²) < 4.78 is 6.37. The van der Waals surface area contributed by atoms with Gasteiger partial charge in [0.2, 0.25) is 0 Å². The molecule has 98 valence electrons. The Hall–Kier alpha value is -1.06. The Bertz CT molecular complexity index is 425. The van der Waals surface area contributed by atoms with Crippen molar-refractivity contribution in [1.82, 2.24) is 10.6 Å². The van der Waals surface area contributed by atoms with Crippen LogP contribution in [0.5, 0.6) is 5.75 Å². The highest BCUT2D eigenvalue weighted by Gasteiger charge is 2.29. The zero-order valence-corrected chi connectivity index (χ0v) is 11.1. The van der Waals surface area contributed by atoms with Crippen LogP contribution < -0.4 is 15.4 Å². The zero-order chi connectivity index (χ0) is 12.4. The maximum Gasteiger partial charge on any atom is 0.123 e. The summed E-state index contributed by atoms with van der Waals surface area (Å²) in [6.07, 6.45) is 3.27. The van der Waals surface area contributed by atoms with Crippen LogP contribution in [0.4, 0.5) is 0 Å². The normalized spacial score (nSPS) is 22.3. The second-order valence-corrected chi connectivity index (χ2v) is 5.62. The average Bonchev–Trinajstić information content (AvgIpc) is 2.40. The van der Waals surface area contributed by atoms with Crippen LogP contribution in [0.2, 0.25) is 0 Å². The molecule has 0 aromatic heterocycles. The van der Waals surface area contributed by atoms with Gasteiger partial charge < -0.3 is 15.4 Å². The predicted octanol–water partition coefficient (Wildman–Crippen LogP) is 1.85. The summed E-state index contributed by atoms with van der Waals surface area (Å²) >= 11 is 0. The lowest BCUT2D eigenvalue weighted by Gasteiger charge is -2.36. The molecule has 0 aliphatic carbocycles. The van der Waals surface area contributed by atoms with Crippen molar-refractivity contribution in [2.24, 2.45) is 0 Å². The van der Waals surface area contributed by atoms with Gasteiger partial charge in [-0.1, -0.05) is 12.1 Å². The Kier molecular flexibility index (Phi) is 3.27. The Morgan fingerprint density at radius 3 is 2.78 bits per heavy atom. The first-order chi connectivity index (χ1) is 8.77. The van der Waals surface area contributed by atoms with Crippen LogP contribution in [0.25, 0.3) is 0 Å². The summed E-state index contributed by atoms with van der Waals surface area (Å²) in [5.41, 5.74) is 2.82. The van der Waals surface area contributed by atoms with Gasteiger partial charge in [0.05, 0.1) is 0 Å². The van der Waals surface area contributed by atoms with E-state index < -0.39 is 0 Å². The van der Waals surface area contributed by atoms with Crippen molar-refractivity contribution in [3.05, 3.63) is 29.3 Å². The lowest BCUT2D eigenvalue weighted by Crippen LogP contribution is -2.44. The van der Waals surface area contributed by atoms with Crippen LogP contribution in [-0.4, -0.2) is 25.2 Å². The third-order valence-corrected chi connectivity index (χ3v) is 4.11. The molecule has 2 aliphatic heterocycles. The van der Waals surface area contributed by atoms with E-state index in [4.69, 9.17) is 4.74 Å². The summed E-state index contributed by atoms with van der Waals surface area (Å²) in [5, 5.41) is 6.81. The number of nitrogens with one attached hydrogen (secondary N) is 2. The summed E-state index contributed by atoms with van der Waals surface area (Å²) in [6, 6.07) is 6.46. The van der Waals surface area contributed by atoms with E-state index >= 15 is 0 Å². The molecule has 3 heteroatoms. The van der Waals surface area contributed by atoms with Gasteiger partial charge in [0.15, 0.2) is 0 Å². The lowest BCUT2D eigenvalue weighted by molar-refractivity contribution is 0.0543. The number of fused-ring (bicyclic) bond motifs is 1. The molecule has 3 nitrogen and oxygen atoms in total. The fraction of sp³-hybridized carbons (Fsp3) is 0.600. The van der Waals surface area contributed by atoms with Gasteiger partial charge in [0.25, 0.3) is 0 Å². The molecule has 1 saturated heterocycles. The van der Waals surface area contributed by atoms with E-state index in [2.05, 4.69) is 35.8 Å². The van der Waals surface area contributed by atoms with Gasteiger partial charge in [0, 0.05) is 6.54 Å². The third kappa shape index (κ3) is 2.38. The van der Waals surface area contributed by atoms with Crippen LogP contribution in [0.15, 0.2) is 18.2 Å². The second-order valence-electron chi connectivity index (χ2n) is 5.62. The molecule has 3 rings (SSSR count). The number of ether oxygens (including phenoxy) is 1. The van der Waals surface area contributed by atoms with Crippen LogP contribution >= 0.6 is 0 Å². The molecule has 0 bridgehead atoms. The first kappa shape index (κ1) is 12.0. The molecule has 1 aromatic carbocycles. The standard InChI is InChI=1S/C15H22N2O/c1-15(6-9-16-10-7-15)18-14-4-2-3-12-11-17-8-5-13(12)14/h2-4,16-17H,5-11H2,1H3. The fourth-order valence-corrected chi connectivity index (χ4v) is 2.92. The molecule has 18 heavy (non-hydrogen) atoms. The van der Waals surface area contributed by atoms with Crippen LogP contribution in [0, 0.1) is 0 Å². The topological polar surface area (TPSA) is 33.3 Å². The minimum Gasteiger partial charge on any atom is -0.487 e. The fourth-order valence-electron chi connectivity index (χ4n) is 2.92. The predicted molar refractivity (Wildman–Crippen MR) is 73.0 cm³/mol. The first-order valence-electron chi connectivity index (χ1n) is 6.98. The summed E-state index contributed by atoms with van der Waals surface area (Å²) in [4.78, 5) is 0. The van der Waals surface area contributed by atoms with E-state index in [-0.39, 0.29) is 5.60 Å². The molecule has 0 radical (unpaired) electrons. The van der Waals surface area contributed by atoms with E-state index in [1.807, 2.05) is 0 Å². The smallest absolute Gasteiger partial charge is 0.123 e. The van der Waals surface area contributed by atoms with Crippen molar-refractivity contribution in [2.75, 3.05) is 19.6 Å². The molecule has 1 aromatic rings. The van der Waals surface area contributed by atoms with E-state index in [9.17, 15) is 0 Å². The summed E-state index contributed by atoms with van der Waals surface area (Å²) in [5.74, 6) is 1.11. The molecule has 1 fully saturated rings. The van der Waals surface area contributed by atoms with Gasteiger partial charge in [-0.05, 0) is 63.0 Å². The molecule has 0 unspecified atom stereocenters. The van der Waals surface area contributed by atoms with Gasteiger partial charge in [-0.25, -0.2) is 0 Å². The molecule has 2 heterocycles. The molecular weight excluding hydrogens is 224 g/mol. The number of benzene rings is 1. The highest BCUT2D eigenvalue weighted by molar-refractivity contribution is 5.42. The molecule has 0 amide bonds. The second kappa shape index (κ2) is 4.90. The number of piperidine rings is 1. The highest BCUT2D eigenvalue weighted by atomic mass is 16.5. The van der Waals surface area contributed by atoms with Crippen molar-refractivity contribution in [3.8, 4) is 5.75 Å². The minimum atomic E-state index is 0.00521. The molecule has 0 spiro atoms. The largest absolute Gasteiger partial charge is 0.487 e. The molecule has 2 N–H and O–H groups in total. The van der Waals surface area contributed by atoms with E-state index in [1.165, 1.54) is 11.1 Å². The van der Waals surface area contributed by atoms with E-state index in [1.54, 1.807) is 0 Å². The Balaban J connectivity index is 1.83. The summed E-state index contributed by atoms with van der Waals surface area (Å²) in [7, 11) is 0. The Morgan fingerprint density at radius 1 is 1.11 bits per heavy atom. The van der Waals surface area contributed by atoms with E-state index in [0.717, 1.165) is 51.2 Å². The van der Waals surface area contributed by atoms with Gasteiger partial charge in [-0.3, -0.25) is 0 Å². The van der Waals surface area contributed by atoms with Gasteiger partial charge in [0.1, 0.15) is 11.4 Å². The molecule has 0 saturated carbocycles. The first-order valence-corrected chi connectivity index (χ1v) is 6.98. The molecule has 2 aliphatic rings. The SMILES string of the molecule is CC1(Oc2cccc3c2CCNC3)CCNCC1. The quantitative estimate of drug-likeness (QED) is 0.835. The van der Waals surface area contributed by atoms with Crippen molar-refractivity contribution >= 4 is 0 Å². The maximum absolute atomic E-state index is 6.37. The average molecular weight is 246 g/mol. The van der Waals surface area contributed by atoms with Crippen molar-refractivity contribution < 1.29 is 4.74 Å².